The van der Waals surface area contributed by atoms with Gasteiger partial charge in [-0.3, -0.25) is 0 Å². The Hall–Kier alpha value is -1.11. The fourth-order valence-electron chi connectivity index (χ4n) is 1.47. The fourth-order valence-corrected chi connectivity index (χ4v) is 3.93. The molecule has 0 spiro atoms. The number of fused-ring (bicyclic) bond motifs is 1. The van der Waals surface area contributed by atoms with Gasteiger partial charge < -0.3 is 5.73 Å². The zero-order chi connectivity index (χ0) is 12.6. The number of aromatic nitrogens is 1. The first-order valence-corrected chi connectivity index (χ1v) is 7.48. The number of hydrogen-bond acceptors (Lipinski definition) is 5. The predicted octanol–water partition coefficient (Wildman–Crippen LogP) is 2.49. The first kappa shape index (κ1) is 12.3. The maximum Gasteiger partial charge on any atom is 0.184 e. The summed E-state index contributed by atoms with van der Waals surface area (Å²) in [6.45, 7) is 3.42. The summed E-state index contributed by atoms with van der Waals surface area (Å²) in [6, 6.07) is 3.04. The molecule has 0 aliphatic rings. The van der Waals surface area contributed by atoms with Crippen LogP contribution in [0.4, 0.5) is 5.13 Å². The number of nitrogen functional groups attached to an aromatic ring is 1. The van der Waals surface area contributed by atoms with Gasteiger partial charge in [-0.15, -0.1) is 6.58 Å². The van der Waals surface area contributed by atoms with E-state index >= 15 is 0 Å². The average Bonchev–Trinajstić information content (AvgIpc) is 2.56. The summed E-state index contributed by atoms with van der Waals surface area (Å²) in [6.07, 6.45) is 1.33. The highest BCUT2D eigenvalue weighted by atomic mass is 35.5. The van der Waals surface area contributed by atoms with Crippen LogP contribution in [0.1, 0.15) is 0 Å². The first-order chi connectivity index (χ1) is 7.94. The molecule has 1 aromatic heterocycles. The van der Waals surface area contributed by atoms with Crippen LogP contribution in [0.3, 0.4) is 0 Å². The van der Waals surface area contributed by atoms with E-state index in [1.54, 1.807) is 6.07 Å². The molecule has 0 saturated heterocycles. The Bertz CT molecular complexity index is 692. The minimum Gasteiger partial charge on any atom is -0.375 e. The van der Waals surface area contributed by atoms with Crippen LogP contribution < -0.4 is 5.73 Å². The van der Waals surface area contributed by atoms with Gasteiger partial charge in [-0.25, -0.2) is 13.4 Å². The largest absolute Gasteiger partial charge is 0.375 e. The Morgan fingerprint density at radius 1 is 1.53 bits per heavy atom. The summed E-state index contributed by atoms with van der Waals surface area (Å²) in [5.74, 6) is -0.153. The Morgan fingerprint density at radius 2 is 2.24 bits per heavy atom. The lowest BCUT2D eigenvalue weighted by Crippen LogP contribution is -2.05. The molecule has 0 radical (unpaired) electrons. The van der Waals surface area contributed by atoms with Crippen LogP contribution >= 0.6 is 22.9 Å². The SMILES string of the molecule is C=CCS(=O)(=O)c1cc(Cl)cc2sc(N)nc12. The van der Waals surface area contributed by atoms with Gasteiger partial charge >= 0.3 is 0 Å². The van der Waals surface area contributed by atoms with Crippen molar-refractivity contribution in [1.29, 1.82) is 0 Å². The van der Waals surface area contributed by atoms with Crippen molar-refractivity contribution >= 4 is 48.1 Å². The van der Waals surface area contributed by atoms with E-state index < -0.39 is 9.84 Å². The third-order valence-electron chi connectivity index (χ3n) is 2.11. The third kappa shape index (κ3) is 2.29. The molecule has 90 valence electrons. The summed E-state index contributed by atoms with van der Waals surface area (Å²) in [5.41, 5.74) is 5.95. The van der Waals surface area contributed by atoms with Gasteiger partial charge in [0.05, 0.1) is 15.3 Å². The molecule has 17 heavy (non-hydrogen) atoms. The van der Waals surface area contributed by atoms with E-state index in [1.165, 1.54) is 23.5 Å². The molecule has 2 rings (SSSR count). The topological polar surface area (TPSA) is 73.0 Å². The molecule has 4 nitrogen and oxygen atoms in total. The Balaban J connectivity index is 2.80. The third-order valence-corrected chi connectivity index (χ3v) is 4.82. The second kappa shape index (κ2) is 4.29. The van der Waals surface area contributed by atoms with Gasteiger partial charge in [0.2, 0.25) is 0 Å². The molecule has 7 heteroatoms. The number of nitrogens with zero attached hydrogens (tertiary/aromatic N) is 1. The number of halogens is 1. The van der Waals surface area contributed by atoms with E-state index in [0.717, 1.165) is 0 Å². The maximum absolute atomic E-state index is 12.0. The smallest absolute Gasteiger partial charge is 0.184 e. The number of anilines is 1. The van der Waals surface area contributed by atoms with Crippen molar-refractivity contribution in [1.82, 2.24) is 4.98 Å². The van der Waals surface area contributed by atoms with Crippen molar-refractivity contribution in [3.8, 4) is 0 Å². The van der Waals surface area contributed by atoms with Gasteiger partial charge in [0.15, 0.2) is 15.0 Å². The maximum atomic E-state index is 12.0. The second-order valence-corrected chi connectivity index (χ2v) is 6.87. The van der Waals surface area contributed by atoms with Crippen LogP contribution in [0.15, 0.2) is 29.7 Å². The lowest BCUT2D eigenvalue weighted by atomic mass is 10.3. The Kier molecular flexibility index (Phi) is 3.11. The lowest BCUT2D eigenvalue weighted by Gasteiger charge is -2.03. The molecule has 2 aromatic rings. The van der Waals surface area contributed by atoms with E-state index in [2.05, 4.69) is 11.6 Å². The van der Waals surface area contributed by atoms with Gasteiger partial charge in [0.1, 0.15) is 5.52 Å². The van der Waals surface area contributed by atoms with Gasteiger partial charge in [-0.2, -0.15) is 0 Å². The van der Waals surface area contributed by atoms with Gasteiger partial charge in [0.25, 0.3) is 0 Å². The minimum atomic E-state index is -3.46. The number of sulfone groups is 1. The molecule has 0 saturated carbocycles. The summed E-state index contributed by atoms with van der Waals surface area (Å²) >= 11 is 7.09. The van der Waals surface area contributed by atoms with E-state index in [1.807, 2.05) is 0 Å². The number of hydrogen-bond donors (Lipinski definition) is 1. The normalized spacial score (nSPS) is 11.8. The fraction of sp³-hybridized carbons (Fsp3) is 0.100. The van der Waals surface area contributed by atoms with Crippen molar-refractivity contribution in [2.24, 2.45) is 0 Å². The van der Waals surface area contributed by atoms with Crippen molar-refractivity contribution < 1.29 is 8.42 Å². The second-order valence-electron chi connectivity index (χ2n) is 3.37. The van der Waals surface area contributed by atoms with Gasteiger partial charge in [-0.05, 0) is 12.1 Å². The Morgan fingerprint density at radius 3 is 2.88 bits per heavy atom. The van der Waals surface area contributed by atoms with Crippen molar-refractivity contribution in [2.75, 3.05) is 11.5 Å². The highest BCUT2D eigenvalue weighted by molar-refractivity contribution is 7.91. The van der Waals surface area contributed by atoms with Crippen molar-refractivity contribution in [3.05, 3.63) is 29.8 Å². The van der Waals surface area contributed by atoms with Crippen LogP contribution in [0.2, 0.25) is 5.02 Å². The van der Waals surface area contributed by atoms with E-state index in [4.69, 9.17) is 17.3 Å². The molecular formula is C10H9ClN2O2S2. The standard InChI is InChI=1S/C10H9ClN2O2S2/c1-2-3-17(14,15)8-5-6(11)4-7-9(8)13-10(12)16-7/h2,4-5H,1,3H2,(H2,12,13). The molecule has 0 fully saturated rings. The molecule has 0 aliphatic heterocycles. The van der Waals surface area contributed by atoms with E-state index in [0.29, 0.717) is 20.4 Å². The van der Waals surface area contributed by atoms with Crippen LogP contribution in [0.5, 0.6) is 0 Å². The molecule has 1 aromatic carbocycles. The molecule has 0 atom stereocenters. The Labute approximate surface area is 108 Å². The quantitative estimate of drug-likeness (QED) is 0.881. The minimum absolute atomic E-state index is 0.104. The highest BCUT2D eigenvalue weighted by Crippen LogP contribution is 2.32. The van der Waals surface area contributed by atoms with E-state index in [-0.39, 0.29) is 10.6 Å². The number of rotatable bonds is 3. The molecule has 0 bridgehead atoms. The number of benzene rings is 1. The number of thiazole rings is 1. The molecule has 0 amide bonds. The highest BCUT2D eigenvalue weighted by Gasteiger charge is 2.19. The predicted molar refractivity (Wildman–Crippen MR) is 71.3 cm³/mol. The number of nitrogens with two attached hydrogens (primary N) is 1. The lowest BCUT2D eigenvalue weighted by molar-refractivity contribution is 0.599. The van der Waals surface area contributed by atoms with Crippen LogP contribution in [-0.4, -0.2) is 19.2 Å². The zero-order valence-corrected chi connectivity index (χ0v) is 11.1. The van der Waals surface area contributed by atoms with Crippen molar-refractivity contribution in [2.45, 2.75) is 4.90 Å². The van der Waals surface area contributed by atoms with E-state index in [9.17, 15) is 8.42 Å². The van der Waals surface area contributed by atoms with Gasteiger partial charge in [0, 0.05) is 5.02 Å². The summed E-state index contributed by atoms with van der Waals surface area (Å²) in [7, 11) is -3.46. The van der Waals surface area contributed by atoms with Crippen LogP contribution in [0, 0.1) is 0 Å². The summed E-state index contributed by atoms with van der Waals surface area (Å²) in [5, 5.41) is 0.668. The molecular weight excluding hydrogens is 280 g/mol. The first-order valence-electron chi connectivity index (χ1n) is 4.63. The van der Waals surface area contributed by atoms with Crippen LogP contribution in [0.25, 0.3) is 10.2 Å². The molecule has 0 aliphatic carbocycles. The van der Waals surface area contributed by atoms with Crippen molar-refractivity contribution in [3.63, 3.8) is 0 Å². The van der Waals surface area contributed by atoms with Crippen LogP contribution in [-0.2, 0) is 9.84 Å². The molecule has 1 heterocycles. The monoisotopic (exact) mass is 288 g/mol. The summed E-state index contributed by atoms with van der Waals surface area (Å²) < 4.78 is 24.7. The average molecular weight is 289 g/mol. The van der Waals surface area contributed by atoms with Gasteiger partial charge in [-0.1, -0.05) is 29.0 Å². The zero-order valence-electron chi connectivity index (χ0n) is 8.68. The molecule has 2 N–H and O–H groups in total. The summed E-state index contributed by atoms with van der Waals surface area (Å²) in [4.78, 5) is 4.13. The molecule has 0 unspecified atom stereocenters.